The van der Waals surface area contributed by atoms with E-state index in [2.05, 4.69) is 17.2 Å². The molecule has 0 aliphatic heterocycles. The standard InChI is InChI=1S/C14H14N2O2/c1-10(9-11-3-2-7-17-11)16-14-12-5-8-18-13(12)4-6-15-14/h2-8,10H,9H2,1H3,(H,15,16). The van der Waals surface area contributed by atoms with Crippen molar-refractivity contribution >= 4 is 16.8 Å². The van der Waals surface area contributed by atoms with Crippen LogP contribution in [0, 0.1) is 0 Å². The van der Waals surface area contributed by atoms with Crippen molar-refractivity contribution in [3.63, 3.8) is 0 Å². The summed E-state index contributed by atoms with van der Waals surface area (Å²) in [6.07, 6.45) is 5.93. The van der Waals surface area contributed by atoms with E-state index in [0.29, 0.717) is 0 Å². The fraction of sp³-hybridized carbons (Fsp3) is 0.214. The number of rotatable bonds is 4. The van der Waals surface area contributed by atoms with Gasteiger partial charge in [-0.15, -0.1) is 0 Å². The molecule has 1 atom stereocenters. The van der Waals surface area contributed by atoms with Gasteiger partial charge in [0.2, 0.25) is 0 Å². The lowest BCUT2D eigenvalue weighted by molar-refractivity contribution is 0.497. The lowest BCUT2D eigenvalue weighted by Gasteiger charge is -2.13. The van der Waals surface area contributed by atoms with E-state index in [9.17, 15) is 0 Å². The van der Waals surface area contributed by atoms with Crippen LogP contribution in [0.1, 0.15) is 12.7 Å². The second-order valence-electron chi connectivity index (χ2n) is 4.32. The molecule has 4 heteroatoms. The summed E-state index contributed by atoms with van der Waals surface area (Å²) < 4.78 is 10.7. The minimum absolute atomic E-state index is 0.240. The molecule has 3 aromatic heterocycles. The summed E-state index contributed by atoms with van der Waals surface area (Å²) in [6, 6.07) is 7.90. The highest BCUT2D eigenvalue weighted by Crippen LogP contribution is 2.22. The summed E-state index contributed by atoms with van der Waals surface area (Å²) in [5.41, 5.74) is 0.845. The number of furan rings is 2. The van der Waals surface area contributed by atoms with Crippen LogP contribution in [0.4, 0.5) is 5.82 Å². The molecule has 0 aliphatic carbocycles. The van der Waals surface area contributed by atoms with E-state index in [1.807, 2.05) is 24.3 Å². The number of pyridine rings is 1. The zero-order chi connectivity index (χ0) is 12.4. The maximum absolute atomic E-state index is 5.35. The van der Waals surface area contributed by atoms with E-state index in [0.717, 1.165) is 29.0 Å². The van der Waals surface area contributed by atoms with Gasteiger partial charge in [0.1, 0.15) is 17.2 Å². The monoisotopic (exact) mass is 242 g/mol. The molecule has 3 aromatic rings. The number of nitrogens with zero attached hydrogens (tertiary/aromatic N) is 1. The largest absolute Gasteiger partial charge is 0.469 e. The lowest BCUT2D eigenvalue weighted by Crippen LogP contribution is -2.18. The van der Waals surface area contributed by atoms with Crippen LogP contribution in [0.3, 0.4) is 0 Å². The molecule has 92 valence electrons. The minimum Gasteiger partial charge on any atom is -0.469 e. The molecule has 0 spiro atoms. The summed E-state index contributed by atoms with van der Waals surface area (Å²) in [5.74, 6) is 1.81. The Morgan fingerprint density at radius 2 is 2.17 bits per heavy atom. The summed E-state index contributed by atoms with van der Waals surface area (Å²) >= 11 is 0. The molecule has 0 bridgehead atoms. The molecule has 1 unspecified atom stereocenters. The molecule has 0 amide bonds. The van der Waals surface area contributed by atoms with Crippen molar-refractivity contribution in [2.45, 2.75) is 19.4 Å². The molecule has 0 saturated heterocycles. The first-order valence-corrected chi connectivity index (χ1v) is 5.94. The van der Waals surface area contributed by atoms with Crippen LogP contribution >= 0.6 is 0 Å². The Balaban J connectivity index is 1.77. The molecule has 0 radical (unpaired) electrons. The molecule has 3 heterocycles. The van der Waals surface area contributed by atoms with Gasteiger partial charge in [0, 0.05) is 18.7 Å². The van der Waals surface area contributed by atoms with E-state index < -0.39 is 0 Å². The molecule has 18 heavy (non-hydrogen) atoms. The van der Waals surface area contributed by atoms with Crippen molar-refractivity contribution in [1.82, 2.24) is 4.98 Å². The van der Waals surface area contributed by atoms with Crippen LogP contribution in [-0.4, -0.2) is 11.0 Å². The normalized spacial score (nSPS) is 12.7. The van der Waals surface area contributed by atoms with Crippen molar-refractivity contribution in [1.29, 1.82) is 0 Å². The van der Waals surface area contributed by atoms with E-state index in [-0.39, 0.29) is 6.04 Å². The first kappa shape index (κ1) is 10.9. The fourth-order valence-corrected chi connectivity index (χ4v) is 2.02. The lowest BCUT2D eigenvalue weighted by atomic mass is 10.2. The van der Waals surface area contributed by atoms with Crippen LogP contribution in [-0.2, 0) is 6.42 Å². The number of hydrogen-bond acceptors (Lipinski definition) is 4. The Morgan fingerprint density at radius 1 is 1.22 bits per heavy atom. The quantitative estimate of drug-likeness (QED) is 0.761. The van der Waals surface area contributed by atoms with Gasteiger partial charge >= 0.3 is 0 Å². The van der Waals surface area contributed by atoms with Crippen molar-refractivity contribution in [2.75, 3.05) is 5.32 Å². The van der Waals surface area contributed by atoms with Crippen molar-refractivity contribution < 1.29 is 8.83 Å². The van der Waals surface area contributed by atoms with Crippen molar-refractivity contribution in [3.8, 4) is 0 Å². The Morgan fingerprint density at radius 3 is 3.00 bits per heavy atom. The number of fused-ring (bicyclic) bond motifs is 1. The van der Waals surface area contributed by atoms with Crippen LogP contribution in [0.25, 0.3) is 11.0 Å². The maximum Gasteiger partial charge on any atom is 0.139 e. The highest BCUT2D eigenvalue weighted by atomic mass is 16.3. The molecule has 1 N–H and O–H groups in total. The van der Waals surface area contributed by atoms with Crippen molar-refractivity contribution in [3.05, 3.63) is 48.7 Å². The predicted octanol–water partition coefficient (Wildman–Crippen LogP) is 3.46. The van der Waals surface area contributed by atoms with E-state index in [1.54, 1.807) is 18.7 Å². The smallest absolute Gasteiger partial charge is 0.139 e. The van der Waals surface area contributed by atoms with Gasteiger partial charge in [-0.05, 0) is 31.2 Å². The molecule has 0 fully saturated rings. The molecule has 3 rings (SSSR count). The van der Waals surface area contributed by atoms with Gasteiger partial charge in [-0.3, -0.25) is 0 Å². The SMILES string of the molecule is CC(Cc1ccco1)Nc1nccc2occc12. The second-order valence-corrected chi connectivity index (χ2v) is 4.32. The highest BCUT2D eigenvalue weighted by molar-refractivity contribution is 5.87. The van der Waals surface area contributed by atoms with Gasteiger partial charge in [0.05, 0.1) is 17.9 Å². The van der Waals surface area contributed by atoms with Gasteiger partial charge in [0.15, 0.2) is 0 Å². The zero-order valence-corrected chi connectivity index (χ0v) is 10.1. The third kappa shape index (κ3) is 2.09. The van der Waals surface area contributed by atoms with Crippen molar-refractivity contribution in [2.24, 2.45) is 0 Å². The Bertz CT molecular complexity index is 628. The van der Waals surface area contributed by atoms with Crippen LogP contribution < -0.4 is 5.32 Å². The second kappa shape index (κ2) is 4.56. The van der Waals surface area contributed by atoms with Gasteiger partial charge in [-0.2, -0.15) is 0 Å². The molecular formula is C14H14N2O2. The fourth-order valence-electron chi connectivity index (χ4n) is 2.02. The highest BCUT2D eigenvalue weighted by Gasteiger charge is 2.09. The number of anilines is 1. The number of hydrogen-bond donors (Lipinski definition) is 1. The topological polar surface area (TPSA) is 51.2 Å². The first-order valence-electron chi connectivity index (χ1n) is 5.94. The summed E-state index contributed by atoms with van der Waals surface area (Å²) in [7, 11) is 0. The van der Waals surface area contributed by atoms with E-state index in [4.69, 9.17) is 8.83 Å². The van der Waals surface area contributed by atoms with Crippen LogP contribution in [0.5, 0.6) is 0 Å². The van der Waals surface area contributed by atoms with E-state index in [1.165, 1.54) is 0 Å². The van der Waals surface area contributed by atoms with Gasteiger partial charge in [0.25, 0.3) is 0 Å². The minimum atomic E-state index is 0.240. The number of nitrogens with one attached hydrogen (secondary N) is 1. The van der Waals surface area contributed by atoms with Gasteiger partial charge in [-0.1, -0.05) is 0 Å². The third-order valence-corrected chi connectivity index (χ3v) is 2.85. The maximum atomic E-state index is 5.35. The molecule has 4 nitrogen and oxygen atoms in total. The molecule has 0 aromatic carbocycles. The molecule has 0 saturated carbocycles. The van der Waals surface area contributed by atoms with Gasteiger partial charge < -0.3 is 14.2 Å². The summed E-state index contributed by atoms with van der Waals surface area (Å²) in [5, 5.41) is 4.38. The predicted molar refractivity (Wildman–Crippen MR) is 69.5 cm³/mol. The van der Waals surface area contributed by atoms with Crippen LogP contribution in [0.15, 0.2) is 51.8 Å². The van der Waals surface area contributed by atoms with Crippen LogP contribution in [0.2, 0.25) is 0 Å². The molecular weight excluding hydrogens is 228 g/mol. The Labute approximate surface area is 105 Å². The molecule has 0 aliphatic rings. The zero-order valence-electron chi connectivity index (χ0n) is 10.1. The number of aromatic nitrogens is 1. The first-order chi connectivity index (χ1) is 8.83. The third-order valence-electron chi connectivity index (χ3n) is 2.85. The Kier molecular flexibility index (Phi) is 2.76. The van der Waals surface area contributed by atoms with Gasteiger partial charge in [-0.25, -0.2) is 4.98 Å². The summed E-state index contributed by atoms with van der Waals surface area (Å²) in [6.45, 7) is 2.10. The summed E-state index contributed by atoms with van der Waals surface area (Å²) in [4.78, 5) is 4.35. The average Bonchev–Trinajstić information content (AvgIpc) is 2.99. The average molecular weight is 242 g/mol. The van der Waals surface area contributed by atoms with E-state index >= 15 is 0 Å². The Hall–Kier alpha value is -2.23.